The number of rotatable bonds is 4. The molecule has 1 saturated heterocycles. The molecule has 0 spiro atoms. The van der Waals surface area contributed by atoms with Gasteiger partial charge in [-0.2, -0.15) is 0 Å². The van der Waals surface area contributed by atoms with Crippen LogP contribution in [-0.4, -0.2) is 32.7 Å². The number of carbonyl (C=O) groups excluding carboxylic acids is 1. The first-order valence-corrected chi connectivity index (χ1v) is 7.71. The Morgan fingerprint density at radius 1 is 1.50 bits per heavy atom. The van der Waals surface area contributed by atoms with Gasteiger partial charge >= 0.3 is 0 Å². The first-order valence-electron chi connectivity index (χ1n) is 6.53. The Kier molecular flexibility index (Phi) is 5.43. The van der Waals surface area contributed by atoms with E-state index < -0.39 is 5.41 Å². The molecular formula is C14H18BrClN2O2. The molecule has 0 radical (unpaired) electrons. The molecule has 0 saturated carbocycles. The average molecular weight is 362 g/mol. The van der Waals surface area contributed by atoms with Gasteiger partial charge in [-0.15, -0.1) is 0 Å². The van der Waals surface area contributed by atoms with Crippen LogP contribution in [0.5, 0.6) is 0 Å². The van der Waals surface area contributed by atoms with E-state index in [0.717, 1.165) is 36.1 Å². The van der Waals surface area contributed by atoms with E-state index in [4.69, 9.17) is 16.3 Å². The van der Waals surface area contributed by atoms with Crippen LogP contribution in [0.3, 0.4) is 0 Å². The number of amides is 1. The highest BCUT2D eigenvalue weighted by Gasteiger charge is 2.39. The summed E-state index contributed by atoms with van der Waals surface area (Å²) in [5, 5.41) is 6.86. The summed E-state index contributed by atoms with van der Waals surface area (Å²) in [4.78, 5) is 12.6. The largest absolute Gasteiger partial charge is 0.384 e. The van der Waals surface area contributed by atoms with Crippen molar-refractivity contribution in [2.75, 3.05) is 32.1 Å². The van der Waals surface area contributed by atoms with Crippen LogP contribution in [0.25, 0.3) is 0 Å². The SMILES string of the molecule is COCC1(C(=O)Nc2ccc(Cl)c(Br)c2)CCNCC1. The molecule has 0 atom stereocenters. The van der Waals surface area contributed by atoms with Crippen molar-refractivity contribution in [2.45, 2.75) is 12.8 Å². The molecule has 2 rings (SSSR count). The first-order chi connectivity index (χ1) is 9.57. The molecule has 0 aliphatic carbocycles. The monoisotopic (exact) mass is 360 g/mol. The van der Waals surface area contributed by atoms with Gasteiger partial charge in [0.1, 0.15) is 0 Å². The minimum atomic E-state index is -0.452. The molecule has 1 fully saturated rings. The number of nitrogens with one attached hydrogen (secondary N) is 2. The Morgan fingerprint density at radius 3 is 2.80 bits per heavy atom. The number of anilines is 1. The summed E-state index contributed by atoms with van der Waals surface area (Å²) in [6.07, 6.45) is 1.56. The van der Waals surface area contributed by atoms with Crippen LogP contribution in [0.4, 0.5) is 5.69 Å². The van der Waals surface area contributed by atoms with Crippen LogP contribution in [-0.2, 0) is 9.53 Å². The van der Waals surface area contributed by atoms with Crippen LogP contribution >= 0.6 is 27.5 Å². The van der Waals surface area contributed by atoms with Gasteiger partial charge in [0.05, 0.1) is 17.0 Å². The van der Waals surface area contributed by atoms with E-state index in [2.05, 4.69) is 26.6 Å². The van der Waals surface area contributed by atoms with E-state index in [1.807, 2.05) is 6.07 Å². The Labute approximate surface area is 132 Å². The third-order valence-electron chi connectivity index (χ3n) is 3.64. The number of methoxy groups -OCH3 is 1. The molecule has 1 heterocycles. The van der Waals surface area contributed by atoms with Crippen LogP contribution in [0.2, 0.25) is 5.02 Å². The summed E-state index contributed by atoms with van der Waals surface area (Å²) in [7, 11) is 1.63. The van der Waals surface area contributed by atoms with Gasteiger partial charge in [-0.3, -0.25) is 4.79 Å². The lowest BCUT2D eigenvalue weighted by Gasteiger charge is -2.35. The quantitative estimate of drug-likeness (QED) is 0.866. The number of ether oxygens (including phenoxy) is 1. The van der Waals surface area contributed by atoms with Crippen molar-refractivity contribution in [1.82, 2.24) is 5.32 Å². The summed E-state index contributed by atoms with van der Waals surface area (Å²) in [5.74, 6) is 0.00933. The lowest BCUT2D eigenvalue weighted by atomic mass is 9.78. The van der Waals surface area contributed by atoms with Gasteiger partial charge in [0.15, 0.2) is 0 Å². The van der Waals surface area contributed by atoms with Crippen LogP contribution < -0.4 is 10.6 Å². The van der Waals surface area contributed by atoms with Crippen LogP contribution in [0.1, 0.15) is 12.8 Å². The molecule has 4 nitrogen and oxygen atoms in total. The van der Waals surface area contributed by atoms with Crippen molar-refractivity contribution in [3.8, 4) is 0 Å². The lowest BCUT2D eigenvalue weighted by molar-refractivity contribution is -0.130. The molecule has 0 bridgehead atoms. The summed E-state index contributed by atoms with van der Waals surface area (Å²) >= 11 is 9.31. The van der Waals surface area contributed by atoms with Gasteiger partial charge in [-0.05, 0) is 60.1 Å². The number of hydrogen-bond donors (Lipinski definition) is 2. The number of benzene rings is 1. The van der Waals surface area contributed by atoms with Crippen molar-refractivity contribution in [2.24, 2.45) is 5.41 Å². The van der Waals surface area contributed by atoms with E-state index in [-0.39, 0.29) is 5.91 Å². The van der Waals surface area contributed by atoms with Gasteiger partial charge in [0.25, 0.3) is 0 Å². The van der Waals surface area contributed by atoms with Crippen molar-refractivity contribution < 1.29 is 9.53 Å². The summed E-state index contributed by atoms with van der Waals surface area (Å²) in [6, 6.07) is 5.36. The maximum atomic E-state index is 12.6. The minimum absolute atomic E-state index is 0.00933. The Balaban J connectivity index is 2.13. The normalized spacial score (nSPS) is 17.8. The molecule has 1 aliphatic rings. The number of carbonyl (C=O) groups is 1. The lowest BCUT2D eigenvalue weighted by Crippen LogP contribution is -2.47. The predicted molar refractivity (Wildman–Crippen MR) is 84.2 cm³/mol. The summed E-state index contributed by atoms with van der Waals surface area (Å²) in [5.41, 5.74) is 0.284. The topological polar surface area (TPSA) is 50.4 Å². The highest BCUT2D eigenvalue weighted by Crippen LogP contribution is 2.32. The van der Waals surface area contributed by atoms with Gasteiger partial charge in [0, 0.05) is 17.3 Å². The molecule has 1 aromatic rings. The molecule has 6 heteroatoms. The van der Waals surface area contributed by atoms with E-state index >= 15 is 0 Å². The van der Waals surface area contributed by atoms with Gasteiger partial charge in [-0.1, -0.05) is 11.6 Å². The second kappa shape index (κ2) is 6.89. The Hall–Kier alpha value is -0.620. The van der Waals surface area contributed by atoms with Crippen LogP contribution in [0.15, 0.2) is 22.7 Å². The standard InChI is InChI=1S/C14H18BrClN2O2/c1-20-9-14(4-6-17-7-5-14)13(19)18-10-2-3-12(16)11(15)8-10/h2-3,8,17H,4-7,9H2,1H3,(H,18,19). The van der Waals surface area contributed by atoms with Gasteiger partial charge < -0.3 is 15.4 Å². The number of piperidine rings is 1. The Morgan fingerprint density at radius 2 is 2.20 bits per heavy atom. The average Bonchev–Trinajstić information content (AvgIpc) is 2.44. The first kappa shape index (κ1) is 15.8. The van der Waals surface area contributed by atoms with Gasteiger partial charge in [-0.25, -0.2) is 0 Å². The zero-order chi connectivity index (χ0) is 14.6. The van der Waals surface area contributed by atoms with Crippen molar-refractivity contribution in [1.29, 1.82) is 0 Å². The predicted octanol–water partition coefficient (Wildman–Crippen LogP) is 3.06. The molecule has 2 N–H and O–H groups in total. The number of halogens is 2. The summed E-state index contributed by atoms with van der Waals surface area (Å²) < 4.78 is 6.03. The molecular weight excluding hydrogens is 344 g/mol. The summed E-state index contributed by atoms with van der Waals surface area (Å²) in [6.45, 7) is 2.11. The van der Waals surface area contributed by atoms with Crippen molar-refractivity contribution in [3.63, 3.8) is 0 Å². The van der Waals surface area contributed by atoms with Gasteiger partial charge in [0.2, 0.25) is 5.91 Å². The maximum Gasteiger partial charge on any atom is 0.233 e. The smallest absolute Gasteiger partial charge is 0.233 e. The zero-order valence-corrected chi connectivity index (χ0v) is 13.7. The van der Waals surface area contributed by atoms with E-state index in [1.54, 1.807) is 19.2 Å². The molecule has 0 unspecified atom stereocenters. The fourth-order valence-electron chi connectivity index (χ4n) is 2.46. The molecule has 1 amide bonds. The second-order valence-electron chi connectivity index (χ2n) is 5.05. The fourth-order valence-corrected chi connectivity index (χ4v) is 2.95. The Bertz CT molecular complexity index is 485. The maximum absolute atomic E-state index is 12.6. The minimum Gasteiger partial charge on any atom is -0.384 e. The molecule has 1 aliphatic heterocycles. The van der Waals surface area contributed by atoms with E-state index in [0.29, 0.717) is 11.6 Å². The molecule has 20 heavy (non-hydrogen) atoms. The highest BCUT2D eigenvalue weighted by molar-refractivity contribution is 9.10. The van der Waals surface area contributed by atoms with Crippen molar-refractivity contribution in [3.05, 3.63) is 27.7 Å². The number of hydrogen-bond acceptors (Lipinski definition) is 3. The second-order valence-corrected chi connectivity index (χ2v) is 6.31. The molecule has 1 aromatic carbocycles. The van der Waals surface area contributed by atoms with E-state index in [9.17, 15) is 4.79 Å². The third-order valence-corrected chi connectivity index (χ3v) is 4.85. The fraction of sp³-hybridized carbons (Fsp3) is 0.500. The zero-order valence-electron chi connectivity index (χ0n) is 11.3. The van der Waals surface area contributed by atoms with Crippen LogP contribution in [0, 0.1) is 5.41 Å². The third kappa shape index (κ3) is 3.52. The van der Waals surface area contributed by atoms with E-state index in [1.165, 1.54) is 0 Å². The van der Waals surface area contributed by atoms with Crippen molar-refractivity contribution >= 4 is 39.1 Å². The highest BCUT2D eigenvalue weighted by atomic mass is 79.9. The molecule has 0 aromatic heterocycles. The molecule has 110 valence electrons.